The molecule has 19 nitrogen and oxygen atoms in total. The second kappa shape index (κ2) is 42.3. The number of methoxy groups -OCH3 is 2. The van der Waals surface area contributed by atoms with Gasteiger partial charge in [-0.25, -0.2) is 9.59 Å². The molecule has 4 aromatic rings. The lowest BCUT2D eigenvalue weighted by Gasteiger charge is -2.58. The van der Waals surface area contributed by atoms with Gasteiger partial charge in [-0.3, -0.25) is 0 Å². The summed E-state index contributed by atoms with van der Waals surface area (Å²) in [6.07, 6.45) is 29.0. The van der Waals surface area contributed by atoms with Crippen molar-refractivity contribution in [2.24, 2.45) is 32.3 Å². The topological polar surface area (TPSA) is 204 Å². The molecule has 4 fully saturated rings. The molecule has 4 aromatic carbocycles. The standard InChI is InChI=1S/C73H106N4O15/c1-5-7-9-11-13-15-17-19-21-25-45-86-63-37-29-59(30-38-63)74-76-61-33-41-65(42-34-61)88-55-51-82-47-49-84-53-57-90-69(78)71-67-27-23-24-28-68(67)72(92-71,73(71,80-3)81-4)70(79)91-58-54-85-50-48-83-52-56-89-66-43-35-62(36-44-66)77-75-60-31-39-64(40-32-60)87-46-26-22-20-18-16-14-12-10-8-6-2/h29-44,67-68H,5-28,45-58H2,1-4H3/t67?,68?,71-,72+. The summed E-state index contributed by atoms with van der Waals surface area (Å²) in [5.74, 6) is -0.804. The number of rotatable bonds is 52. The van der Waals surface area contributed by atoms with E-state index >= 15 is 0 Å². The van der Waals surface area contributed by atoms with Gasteiger partial charge in [0.05, 0.1) is 88.8 Å². The van der Waals surface area contributed by atoms with E-state index in [1.54, 1.807) is 0 Å². The van der Waals surface area contributed by atoms with E-state index in [0.29, 0.717) is 75.4 Å². The van der Waals surface area contributed by atoms with Crippen LogP contribution in [0.25, 0.3) is 0 Å². The van der Waals surface area contributed by atoms with Gasteiger partial charge in [0, 0.05) is 26.1 Å². The molecular weight excluding hydrogens is 1170 g/mol. The van der Waals surface area contributed by atoms with Gasteiger partial charge in [-0.05, 0) is 123 Å². The van der Waals surface area contributed by atoms with Crippen molar-refractivity contribution < 1.29 is 71.2 Å². The van der Waals surface area contributed by atoms with E-state index in [-0.39, 0.29) is 51.5 Å². The van der Waals surface area contributed by atoms with Gasteiger partial charge < -0.3 is 61.6 Å². The molecular formula is C73H106N4O15. The monoisotopic (exact) mass is 1280 g/mol. The molecule has 2 heterocycles. The lowest BCUT2D eigenvalue weighted by molar-refractivity contribution is -0.446. The highest BCUT2D eigenvalue weighted by Crippen LogP contribution is 2.73. The zero-order valence-corrected chi connectivity index (χ0v) is 55.7. The minimum absolute atomic E-state index is 0.0505. The highest BCUT2D eigenvalue weighted by atomic mass is 16.8. The van der Waals surface area contributed by atoms with Crippen molar-refractivity contribution in [3.63, 3.8) is 0 Å². The molecule has 8 rings (SSSR count). The molecule has 4 atom stereocenters. The molecule has 508 valence electrons. The lowest BCUT2D eigenvalue weighted by Crippen LogP contribution is -2.84. The summed E-state index contributed by atoms with van der Waals surface area (Å²) >= 11 is 0. The minimum Gasteiger partial charge on any atom is -0.494 e. The smallest absolute Gasteiger partial charge is 0.344 e. The highest BCUT2D eigenvalue weighted by molar-refractivity contribution is 5.94. The van der Waals surface area contributed by atoms with Crippen LogP contribution in [-0.4, -0.2) is 136 Å². The Morgan fingerprint density at radius 2 is 0.620 bits per heavy atom. The molecule has 0 radical (unpaired) electrons. The number of azo groups is 2. The zero-order valence-electron chi connectivity index (χ0n) is 55.7. The molecule has 2 saturated heterocycles. The van der Waals surface area contributed by atoms with Crippen molar-refractivity contribution in [2.45, 2.75) is 185 Å². The van der Waals surface area contributed by atoms with E-state index < -0.39 is 28.9 Å². The Morgan fingerprint density at radius 3 is 0.913 bits per heavy atom. The number of hydrogen-bond donors (Lipinski definition) is 0. The molecule has 2 bridgehead atoms. The second-order valence-electron chi connectivity index (χ2n) is 24.0. The molecule has 0 amide bonds. The van der Waals surface area contributed by atoms with Gasteiger partial charge in [-0.15, -0.1) is 0 Å². The van der Waals surface area contributed by atoms with Crippen LogP contribution in [0.4, 0.5) is 22.7 Å². The van der Waals surface area contributed by atoms with Crippen molar-refractivity contribution in [3.8, 4) is 23.0 Å². The Kier molecular flexibility index (Phi) is 33.7. The third-order valence-corrected chi connectivity index (χ3v) is 17.4. The molecule has 19 heteroatoms. The Bertz CT molecular complexity index is 2520. The van der Waals surface area contributed by atoms with Crippen molar-refractivity contribution in [1.82, 2.24) is 0 Å². The molecule has 2 aliphatic carbocycles. The maximum absolute atomic E-state index is 14.1. The molecule has 2 aliphatic heterocycles. The maximum Gasteiger partial charge on any atom is 0.344 e. The first-order valence-electron chi connectivity index (χ1n) is 34.5. The maximum atomic E-state index is 14.1. The van der Waals surface area contributed by atoms with E-state index in [1.165, 1.54) is 130 Å². The molecule has 4 aliphatic rings. The summed E-state index contributed by atoms with van der Waals surface area (Å²) < 4.78 is 76.5. The van der Waals surface area contributed by atoms with E-state index in [4.69, 9.17) is 61.6 Å². The van der Waals surface area contributed by atoms with Gasteiger partial charge in [-0.1, -0.05) is 142 Å². The quantitative estimate of drug-likeness (QED) is 0.0175. The first-order valence-corrected chi connectivity index (χ1v) is 34.5. The van der Waals surface area contributed by atoms with Crippen LogP contribution >= 0.6 is 0 Å². The summed E-state index contributed by atoms with van der Waals surface area (Å²) in [6.45, 7) is 8.68. The summed E-state index contributed by atoms with van der Waals surface area (Å²) in [7, 11) is 2.83. The van der Waals surface area contributed by atoms with E-state index in [1.807, 2.05) is 97.1 Å². The third kappa shape index (κ3) is 22.3. The van der Waals surface area contributed by atoms with Crippen LogP contribution in [0, 0.1) is 11.8 Å². The number of ether oxygens (including phenoxy) is 13. The number of carbonyl (C=O) groups is 2. The fourth-order valence-corrected chi connectivity index (χ4v) is 12.6. The van der Waals surface area contributed by atoms with Crippen molar-refractivity contribution in [2.75, 3.05) is 107 Å². The fourth-order valence-electron chi connectivity index (χ4n) is 12.6. The van der Waals surface area contributed by atoms with Crippen LogP contribution in [0.5, 0.6) is 23.0 Å². The molecule has 2 saturated carbocycles. The van der Waals surface area contributed by atoms with Gasteiger partial charge in [0.25, 0.3) is 0 Å². The largest absolute Gasteiger partial charge is 0.494 e. The number of benzene rings is 4. The van der Waals surface area contributed by atoms with E-state index in [2.05, 4.69) is 34.3 Å². The van der Waals surface area contributed by atoms with Crippen LogP contribution in [0.2, 0.25) is 0 Å². The summed E-state index contributed by atoms with van der Waals surface area (Å²) in [5, 5.41) is 17.5. The minimum atomic E-state index is -1.76. The van der Waals surface area contributed by atoms with Gasteiger partial charge in [0.1, 0.15) is 49.4 Å². The molecule has 0 N–H and O–H groups in total. The van der Waals surface area contributed by atoms with Crippen LogP contribution in [0.1, 0.15) is 168 Å². The van der Waals surface area contributed by atoms with E-state index in [9.17, 15) is 9.59 Å². The Hall–Kier alpha value is -6.06. The SMILES string of the molecule is CCCCCCCCCCCCOc1ccc(N=Nc2ccc(OCCOCCOCCOC(=O)[C@@]34O[C@@](C(=O)OCCOCCOCCOc5ccc(N=Nc6ccc(OCCCCCCCCCCCC)cc6)cc5)(C5CCCCC53)C4(OC)OC)cc2)cc1. The number of carbonyl (C=O) groups excluding carboxylic acids is 2. The predicted molar refractivity (Wildman–Crippen MR) is 354 cm³/mol. The molecule has 2 unspecified atom stereocenters. The van der Waals surface area contributed by atoms with Crippen molar-refractivity contribution in [1.29, 1.82) is 0 Å². The first kappa shape index (κ1) is 73.4. The van der Waals surface area contributed by atoms with Crippen molar-refractivity contribution >= 4 is 34.7 Å². The van der Waals surface area contributed by atoms with Gasteiger partial charge in [0.2, 0.25) is 17.0 Å². The second-order valence-corrected chi connectivity index (χ2v) is 24.0. The molecule has 92 heavy (non-hydrogen) atoms. The molecule has 0 aromatic heterocycles. The average molecular weight is 1280 g/mol. The Morgan fingerprint density at radius 1 is 0.359 bits per heavy atom. The fraction of sp³-hybridized carbons (Fsp3) is 0.644. The summed E-state index contributed by atoms with van der Waals surface area (Å²) in [6, 6.07) is 30.1. The lowest BCUT2D eigenvalue weighted by atomic mass is 9.76. The number of unbranched alkanes of at least 4 members (excludes halogenated alkanes) is 18. The van der Waals surface area contributed by atoms with Crippen LogP contribution < -0.4 is 18.9 Å². The van der Waals surface area contributed by atoms with Crippen molar-refractivity contribution in [3.05, 3.63) is 97.1 Å². The summed E-state index contributed by atoms with van der Waals surface area (Å²) in [5.41, 5.74) is -0.415. The predicted octanol–water partition coefficient (Wildman–Crippen LogP) is 17.0. The summed E-state index contributed by atoms with van der Waals surface area (Å²) in [4.78, 5) is 28.2. The van der Waals surface area contributed by atoms with Gasteiger partial charge in [0.15, 0.2) is 0 Å². The highest BCUT2D eigenvalue weighted by Gasteiger charge is 2.96. The molecule has 0 spiro atoms. The van der Waals surface area contributed by atoms with Crippen LogP contribution in [-0.2, 0) is 52.2 Å². The van der Waals surface area contributed by atoms with Crippen LogP contribution in [0.15, 0.2) is 118 Å². The van der Waals surface area contributed by atoms with Crippen LogP contribution in [0.3, 0.4) is 0 Å². The van der Waals surface area contributed by atoms with Gasteiger partial charge in [-0.2, -0.15) is 20.5 Å². The first-order chi connectivity index (χ1) is 45.3. The number of hydrogen-bond acceptors (Lipinski definition) is 19. The Labute approximate surface area is 547 Å². The Balaban J connectivity index is 0.693. The zero-order chi connectivity index (χ0) is 64.6. The third-order valence-electron chi connectivity index (χ3n) is 17.4. The number of esters is 2. The van der Waals surface area contributed by atoms with Gasteiger partial charge >= 0.3 is 11.9 Å². The van der Waals surface area contributed by atoms with E-state index in [0.717, 1.165) is 61.8 Å². The normalized spacial score (nSPS) is 18.8. The number of nitrogens with zero attached hydrogens (tertiary/aromatic N) is 4. The average Bonchev–Trinajstić information content (AvgIpc) is 1.45.